The Hall–Kier alpha value is -3.90. The van der Waals surface area contributed by atoms with Crippen LogP contribution in [0.25, 0.3) is 55.8 Å². The van der Waals surface area contributed by atoms with Crippen LogP contribution in [0.2, 0.25) is 17.3 Å². The predicted molar refractivity (Wildman–Crippen MR) is 226 cm³/mol. The van der Waals surface area contributed by atoms with Crippen LogP contribution in [-0.2, 0) is 32.9 Å². The quantitative estimate of drug-likeness (QED) is 0.123. The second kappa shape index (κ2) is 16.5. The molecule has 3 aromatic carbocycles. The number of aryl methyl sites for hydroxylation is 2. The third-order valence-corrected chi connectivity index (χ3v) is 13.0. The van der Waals surface area contributed by atoms with Crippen molar-refractivity contribution in [3.05, 3.63) is 132 Å². The van der Waals surface area contributed by atoms with Crippen LogP contribution >= 0.6 is 0 Å². The van der Waals surface area contributed by atoms with Gasteiger partial charge in [-0.3, -0.25) is 0 Å². The van der Waals surface area contributed by atoms with Gasteiger partial charge < -0.3 is 9.40 Å². The first-order valence-electron chi connectivity index (χ1n) is 20.3. The molecule has 0 unspecified atom stereocenters. The third-order valence-electron chi connectivity index (χ3n) is 8.78. The van der Waals surface area contributed by atoms with Gasteiger partial charge >= 0.3 is 135 Å². The van der Waals surface area contributed by atoms with Crippen molar-refractivity contribution in [2.24, 2.45) is 10.8 Å². The first kappa shape index (κ1) is 35.8. The summed E-state index contributed by atoms with van der Waals surface area (Å²) >= 11 is -2.24. The van der Waals surface area contributed by atoms with Gasteiger partial charge in [-0.25, -0.2) is 4.98 Å². The Morgan fingerprint density at radius 3 is 2.09 bits per heavy atom. The number of hydrogen-bond acceptors (Lipinski definition) is 4. The standard InChI is InChI=1S/C29H27N2O.C19H26GeN.Ir/c1-18-8-6-9-19(2)26(18)24-13-12-22-21-10-7-11-23(27(21)32-28(22)31-24)25-16-20(14-15-30-25)17-29(3,4)5;1-19(2,3)13-16-12-18(15-10-8-7-9-11-15)21-14-17(16)20(4,5)6;/h6-10,12-16H,17H2,1-5H3;7-10,12,14H,13H2,1-6H3;/q2*-1;/i17D2;13D2;. The second-order valence-electron chi connectivity index (χ2n) is 16.8. The fraction of sp³-hybridized carbons (Fsp3) is 0.312. The topological polar surface area (TPSA) is 51.8 Å². The molecule has 281 valence electrons. The molecule has 7 aromatic rings. The van der Waals surface area contributed by atoms with E-state index in [1.165, 1.54) is 11.1 Å². The molecule has 1 radical (unpaired) electrons. The number of hydrogen-bond donors (Lipinski definition) is 0. The molecule has 54 heavy (non-hydrogen) atoms. The summed E-state index contributed by atoms with van der Waals surface area (Å²) < 4.78 is 42.3. The molecular formula is C48H53GeIrN3O-2. The molecule has 0 N–H and O–H groups in total. The Balaban J connectivity index is 0.000000234. The molecule has 0 spiro atoms. The van der Waals surface area contributed by atoms with E-state index in [1.54, 1.807) is 18.3 Å². The minimum Gasteiger partial charge on any atom is -0.486 e. The fourth-order valence-corrected chi connectivity index (χ4v) is 9.43. The Morgan fingerprint density at radius 2 is 1.44 bits per heavy atom. The summed E-state index contributed by atoms with van der Waals surface area (Å²) in [6.07, 6.45) is 0.637. The minimum atomic E-state index is -2.24. The van der Waals surface area contributed by atoms with E-state index in [2.05, 4.69) is 77.5 Å². The zero-order chi connectivity index (χ0) is 41.7. The van der Waals surface area contributed by atoms with Gasteiger partial charge in [0.2, 0.25) is 5.71 Å². The Morgan fingerprint density at radius 1 is 0.722 bits per heavy atom. The van der Waals surface area contributed by atoms with Crippen molar-refractivity contribution >= 4 is 39.7 Å². The number of fused-ring (bicyclic) bond motifs is 3. The van der Waals surface area contributed by atoms with E-state index in [4.69, 9.17) is 14.9 Å². The summed E-state index contributed by atoms with van der Waals surface area (Å²) in [5.74, 6) is 6.86. The minimum absolute atomic E-state index is 0. The molecule has 4 heterocycles. The van der Waals surface area contributed by atoms with Crippen molar-refractivity contribution in [2.45, 2.75) is 85.4 Å². The number of furan rings is 1. The molecule has 0 amide bonds. The van der Waals surface area contributed by atoms with Gasteiger partial charge in [0.15, 0.2) is 0 Å². The number of rotatable bonds is 6. The summed E-state index contributed by atoms with van der Waals surface area (Å²) in [7, 11) is 0. The van der Waals surface area contributed by atoms with Gasteiger partial charge in [-0.2, -0.15) is 0 Å². The number of nitrogens with zero attached hydrogens (tertiary/aromatic N) is 3. The maximum Gasteiger partial charge on any atom is 0.216 e. The van der Waals surface area contributed by atoms with E-state index < -0.39 is 36.8 Å². The maximum atomic E-state index is 8.76. The largest absolute Gasteiger partial charge is 0.486 e. The van der Waals surface area contributed by atoms with E-state index in [0.717, 1.165) is 43.2 Å². The average molecular weight is 957 g/mol. The van der Waals surface area contributed by atoms with Crippen LogP contribution < -0.4 is 4.40 Å². The van der Waals surface area contributed by atoms with Crippen molar-refractivity contribution in [1.82, 2.24) is 15.0 Å². The molecule has 4 nitrogen and oxygen atoms in total. The van der Waals surface area contributed by atoms with Crippen LogP contribution in [0.3, 0.4) is 0 Å². The molecule has 0 bridgehead atoms. The maximum absolute atomic E-state index is 8.76. The van der Waals surface area contributed by atoms with Crippen LogP contribution in [0.4, 0.5) is 0 Å². The van der Waals surface area contributed by atoms with Crippen molar-refractivity contribution in [3.63, 3.8) is 0 Å². The summed E-state index contributed by atoms with van der Waals surface area (Å²) in [6.45, 7) is 15.8. The normalized spacial score (nSPS) is 13.6. The predicted octanol–water partition coefficient (Wildman–Crippen LogP) is 12.4. The van der Waals surface area contributed by atoms with Crippen molar-refractivity contribution in [2.75, 3.05) is 0 Å². The molecule has 0 aliphatic heterocycles. The smallest absolute Gasteiger partial charge is 0.216 e. The van der Waals surface area contributed by atoms with E-state index in [0.29, 0.717) is 28.1 Å². The monoisotopic (exact) mass is 958 g/mol. The molecule has 0 saturated carbocycles. The number of aromatic nitrogens is 3. The molecule has 6 heteroatoms. The van der Waals surface area contributed by atoms with E-state index >= 15 is 0 Å². The molecule has 0 atom stereocenters. The van der Waals surface area contributed by atoms with Gasteiger partial charge in [0.25, 0.3) is 0 Å². The number of pyridine rings is 3. The summed E-state index contributed by atoms with van der Waals surface area (Å²) in [5, 5.41) is 1.87. The van der Waals surface area contributed by atoms with Crippen LogP contribution in [0.5, 0.6) is 0 Å². The molecule has 0 fully saturated rings. The Bertz CT molecular complexity index is 2550. The second-order valence-corrected chi connectivity index (χ2v) is 27.4. The molecule has 0 aliphatic carbocycles. The molecule has 0 saturated heterocycles. The molecule has 4 aromatic heterocycles. The number of benzene rings is 3. The zero-order valence-corrected chi connectivity index (χ0v) is 37.8. The van der Waals surface area contributed by atoms with E-state index in [-0.39, 0.29) is 20.1 Å². The van der Waals surface area contributed by atoms with Crippen LogP contribution in [0.1, 0.15) is 69.3 Å². The summed E-state index contributed by atoms with van der Waals surface area (Å²) in [6, 6.07) is 33.8. The fourth-order valence-electron chi connectivity index (χ4n) is 6.51. The average Bonchev–Trinajstić information content (AvgIpc) is 3.52. The van der Waals surface area contributed by atoms with Crippen LogP contribution in [0, 0.1) is 36.8 Å². The summed E-state index contributed by atoms with van der Waals surface area (Å²) in [5.41, 5.74) is 8.96. The van der Waals surface area contributed by atoms with Crippen LogP contribution in [-0.4, -0.2) is 28.2 Å². The Kier molecular flexibility index (Phi) is 10.9. The zero-order valence-electron chi connectivity index (χ0n) is 37.3. The first-order chi connectivity index (χ1) is 26.5. The van der Waals surface area contributed by atoms with Crippen LogP contribution in [0.15, 0.2) is 102 Å². The summed E-state index contributed by atoms with van der Waals surface area (Å²) in [4.78, 5) is 14.0. The van der Waals surface area contributed by atoms with Gasteiger partial charge in [0.05, 0.1) is 11.3 Å². The van der Waals surface area contributed by atoms with Gasteiger partial charge in [-0.15, -0.1) is 18.2 Å². The SMILES string of the molecule is [2H]C([2H])(c1cc(-c2[c-]cccc2)nc[c]1[Ge]([CH3])([CH3])[CH3])C(C)(C)C.[2H]C([2H])(c1ccnc(-c2[c-]ccc3c2oc2nc(-c4c(C)cccc4C)ccc23)c1)C(C)(C)C.[Ir]. The van der Waals surface area contributed by atoms with Crippen molar-refractivity contribution in [1.29, 1.82) is 0 Å². The third kappa shape index (κ3) is 9.85. The first-order valence-corrected chi connectivity index (χ1v) is 25.6. The van der Waals surface area contributed by atoms with E-state index in [9.17, 15) is 0 Å². The van der Waals surface area contributed by atoms with E-state index in [1.807, 2.05) is 96.3 Å². The van der Waals surface area contributed by atoms with Gasteiger partial charge in [-0.05, 0) is 60.7 Å². The molecule has 0 aliphatic rings. The van der Waals surface area contributed by atoms with Gasteiger partial charge in [0.1, 0.15) is 0 Å². The Labute approximate surface area is 344 Å². The van der Waals surface area contributed by atoms with Crippen molar-refractivity contribution < 1.29 is 30.0 Å². The molecular weight excluding hydrogens is 899 g/mol. The van der Waals surface area contributed by atoms with Gasteiger partial charge in [-0.1, -0.05) is 61.5 Å². The molecule has 7 rings (SSSR count). The van der Waals surface area contributed by atoms with Gasteiger partial charge in [0, 0.05) is 40.0 Å². The van der Waals surface area contributed by atoms with Crippen molar-refractivity contribution in [3.8, 4) is 33.8 Å².